The molecule has 4 N–H and O–H groups in total. The summed E-state index contributed by atoms with van der Waals surface area (Å²) in [6.07, 6.45) is 6.74. The van der Waals surface area contributed by atoms with Crippen molar-refractivity contribution in [1.82, 2.24) is 15.6 Å². The Balaban J connectivity index is 0.00000196. The van der Waals surface area contributed by atoms with Crippen LogP contribution in [0.25, 0.3) is 11.1 Å². The maximum atomic E-state index is 5.84. The van der Waals surface area contributed by atoms with Gasteiger partial charge in [0.05, 0.1) is 6.61 Å². The predicted molar refractivity (Wildman–Crippen MR) is 122 cm³/mol. The van der Waals surface area contributed by atoms with Gasteiger partial charge in [-0.2, -0.15) is 0 Å². The van der Waals surface area contributed by atoms with Crippen LogP contribution in [-0.4, -0.2) is 30.7 Å². The van der Waals surface area contributed by atoms with Gasteiger partial charge in [0.2, 0.25) is 0 Å². The number of nitrogens with zero attached hydrogens (tertiary/aromatic N) is 1. The molecule has 0 amide bonds. The monoisotopic (exact) mass is 426 g/mol. The van der Waals surface area contributed by atoms with Crippen molar-refractivity contribution in [3.63, 3.8) is 0 Å². The maximum absolute atomic E-state index is 5.84. The first-order valence-corrected chi connectivity index (χ1v) is 9.58. The minimum absolute atomic E-state index is 0. The van der Waals surface area contributed by atoms with Gasteiger partial charge < -0.3 is 21.1 Å². The molecule has 0 unspecified atom stereocenters. The average Bonchev–Trinajstić information content (AvgIpc) is 2.68. The quantitative estimate of drug-likeness (QED) is 0.618. The Bertz CT molecular complexity index is 704. The van der Waals surface area contributed by atoms with E-state index >= 15 is 0 Å². The van der Waals surface area contributed by atoms with Gasteiger partial charge in [0, 0.05) is 36.0 Å². The molecule has 28 heavy (non-hydrogen) atoms. The second-order valence-electron chi connectivity index (χ2n) is 6.95. The molecule has 1 heterocycles. The number of nitrogen functional groups attached to an aromatic ring is 1. The number of aromatic nitrogens is 1. The van der Waals surface area contributed by atoms with Gasteiger partial charge in [-0.15, -0.1) is 24.8 Å². The zero-order valence-electron chi connectivity index (χ0n) is 16.6. The number of nitrogens with two attached hydrogens (primary N) is 1. The van der Waals surface area contributed by atoms with Crippen LogP contribution in [0.2, 0.25) is 0 Å². The first kappa shape index (κ1) is 24.5. The van der Waals surface area contributed by atoms with Crippen molar-refractivity contribution in [2.75, 3.05) is 19.4 Å². The van der Waals surface area contributed by atoms with E-state index in [0.717, 1.165) is 23.4 Å². The summed E-state index contributed by atoms with van der Waals surface area (Å²) in [5, 5.41) is 7.12. The van der Waals surface area contributed by atoms with E-state index in [9.17, 15) is 0 Å². The van der Waals surface area contributed by atoms with E-state index in [0.29, 0.717) is 24.5 Å². The van der Waals surface area contributed by atoms with E-state index in [1.807, 2.05) is 25.3 Å². The summed E-state index contributed by atoms with van der Waals surface area (Å²) in [5.41, 5.74) is 9.10. The highest BCUT2D eigenvalue weighted by molar-refractivity contribution is 5.85. The maximum Gasteiger partial charge on any atom is 0.123 e. The van der Waals surface area contributed by atoms with Crippen LogP contribution in [0.1, 0.15) is 38.2 Å². The number of benzene rings is 1. The van der Waals surface area contributed by atoms with Crippen molar-refractivity contribution in [2.24, 2.45) is 0 Å². The largest absolute Gasteiger partial charge is 0.494 e. The second-order valence-corrected chi connectivity index (χ2v) is 6.95. The Morgan fingerprint density at radius 3 is 2.32 bits per heavy atom. The summed E-state index contributed by atoms with van der Waals surface area (Å²) in [6.45, 7) is 3.51. The number of anilines is 1. The fourth-order valence-electron chi connectivity index (χ4n) is 3.61. The van der Waals surface area contributed by atoms with Crippen molar-refractivity contribution in [1.29, 1.82) is 0 Å². The molecule has 0 spiro atoms. The van der Waals surface area contributed by atoms with Crippen molar-refractivity contribution < 1.29 is 4.74 Å². The van der Waals surface area contributed by atoms with Gasteiger partial charge in [-0.3, -0.25) is 0 Å². The Labute approximate surface area is 180 Å². The number of pyridine rings is 1. The molecule has 0 bridgehead atoms. The average molecular weight is 427 g/mol. The third kappa shape index (κ3) is 6.52. The van der Waals surface area contributed by atoms with Gasteiger partial charge in [0.1, 0.15) is 11.6 Å². The van der Waals surface area contributed by atoms with Crippen molar-refractivity contribution >= 4 is 30.6 Å². The normalized spacial score (nSPS) is 18.6. The van der Waals surface area contributed by atoms with Crippen LogP contribution < -0.4 is 21.1 Å². The molecular formula is C21H32Cl2N4O. The zero-order valence-corrected chi connectivity index (χ0v) is 18.2. The van der Waals surface area contributed by atoms with Crippen LogP contribution in [0.3, 0.4) is 0 Å². The lowest BCUT2D eigenvalue weighted by molar-refractivity contribution is 0.310. The van der Waals surface area contributed by atoms with Crippen LogP contribution in [0.5, 0.6) is 5.75 Å². The van der Waals surface area contributed by atoms with E-state index in [1.54, 1.807) is 0 Å². The van der Waals surface area contributed by atoms with Crippen LogP contribution in [-0.2, 0) is 6.54 Å². The summed E-state index contributed by atoms with van der Waals surface area (Å²) in [6, 6.07) is 11.4. The van der Waals surface area contributed by atoms with E-state index in [-0.39, 0.29) is 24.8 Å². The molecule has 0 radical (unpaired) electrons. The highest BCUT2D eigenvalue weighted by atomic mass is 35.5. The molecule has 1 aliphatic carbocycles. The highest BCUT2D eigenvalue weighted by Crippen LogP contribution is 2.27. The summed E-state index contributed by atoms with van der Waals surface area (Å²) in [4.78, 5) is 4.20. The number of hydrogen-bond donors (Lipinski definition) is 3. The van der Waals surface area contributed by atoms with Gasteiger partial charge in [0.15, 0.2) is 0 Å². The minimum atomic E-state index is 0. The third-order valence-electron chi connectivity index (χ3n) is 5.20. The first-order valence-electron chi connectivity index (χ1n) is 9.58. The molecule has 156 valence electrons. The number of halogens is 2. The van der Waals surface area contributed by atoms with E-state index in [2.05, 4.69) is 40.9 Å². The van der Waals surface area contributed by atoms with Gasteiger partial charge in [-0.1, -0.05) is 6.07 Å². The van der Waals surface area contributed by atoms with Gasteiger partial charge in [0.25, 0.3) is 0 Å². The van der Waals surface area contributed by atoms with Crippen LogP contribution in [0, 0.1) is 0 Å². The molecule has 0 aliphatic heterocycles. The van der Waals surface area contributed by atoms with Crippen LogP contribution >= 0.6 is 24.8 Å². The number of nitrogens with one attached hydrogen (secondary N) is 2. The molecule has 1 aromatic heterocycles. The standard InChI is InChI=1S/C21H30N4O.2ClH/c1-3-26-20-10-4-15(16-5-11-21(22)25-13-16)12-17(20)14-24-19-8-6-18(23-2)7-9-19;;/h4-5,10-13,18-19,23-24H,3,6-9,14H2,1-2H3,(H2,22,25);2*1H. The molecule has 0 atom stereocenters. The van der Waals surface area contributed by atoms with Crippen molar-refractivity contribution in [3.05, 3.63) is 42.1 Å². The topological polar surface area (TPSA) is 72.2 Å². The zero-order chi connectivity index (χ0) is 18.4. The van der Waals surface area contributed by atoms with Gasteiger partial charge in [-0.05, 0) is 69.5 Å². The number of rotatable bonds is 7. The molecular weight excluding hydrogens is 395 g/mol. The fourth-order valence-corrected chi connectivity index (χ4v) is 3.61. The smallest absolute Gasteiger partial charge is 0.123 e. The summed E-state index contributed by atoms with van der Waals surface area (Å²) >= 11 is 0. The van der Waals surface area contributed by atoms with Crippen molar-refractivity contribution in [2.45, 2.75) is 51.2 Å². The minimum Gasteiger partial charge on any atom is -0.494 e. The van der Waals surface area contributed by atoms with Gasteiger partial charge >= 0.3 is 0 Å². The third-order valence-corrected chi connectivity index (χ3v) is 5.20. The number of ether oxygens (including phenoxy) is 1. The molecule has 1 aromatic carbocycles. The molecule has 1 saturated carbocycles. The summed E-state index contributed by atoms with van der Waals surface area (Å²) < 4.78 is 5.84. The lowest BCUT2D eigenvalue weighted by atomic mass is 9.91. The Kier molecular flexibility index (Phi) is 10.6. The van der Waals surface area contributed by atoms with E-state index in [4.69, 9.17) is 10.5 Å². The molecule has 1 fully saturated rings. The Hall–Kier alpha value is -1.53. The SMILES string of the molecule is CCOc1ccc(-c2ccc(N)nc2)cc1CNC1CCC(NC)CC1.Cl.Cl. The first-order chi connectivity index (χ1) is 12.7. The fraction of sp³-hybridized carbons (Fsp3) is 0.476. The molecule has 7 heteroatoms. The highest BCUT2D eigenvalue weighted by Gasteiger charge is 2.19. The number of hydrogen-bond acceptors (Lipinski definition) is 5. The summed E-state index contributed by atoms with van der Waals surface area (Å²) in [5.74, 6) is 1.50. The molecule has 5 nitrogen and oxygen atoms in total. The Morgan fingerprint density at radius 2 is 1.71 bits per heavy atom. The lowest BCUT2D eigenvalue weighted by Gasteiger charge is -2.29. The predicted octanol–water partition coefficient (Wildman–Crippen LogP) is 4.19. The molecule has 3 rings (SSSR count). The molecule has 1 aliphatic rings. The molecule has 2 aromatic rings. The Morgan fingerprint density at radius 1 is 1.04 bits per heavy atom. The second kappa shape index (κ2) is 12.1. The van der Waals surface area contributed by atoms with E-state index < -0.39 is 0 Å². The van der Waals surface area contributed by atoms with Crippen LogP contribution in [0.4, 0.5) is 5.82 Å². The van der Waals surface area contributed by atoms with Crippen LogP contribution in [0.15, 0.2) is 36.5 Å². The lowest BCUT2D eigenvalue weighted by Crippen LogP contribution is -2.38. The summed E-state index contributed by atoms with van der Waals surface area (Å²) in [7, 11) is 2.06. The van der Waals surface area contributed by atoms with Gasteiger partial charge in [-0.25, -0.2) is 4.98 Å². The molecule has 0 saturated heterocycles. The van der Waals surface area contributed by atoms with Crippen molar-refractivity contribution in [3.8, 4) is 16.9 Å². The van der Waals surface area contributed by atoms with E-state index in [1.165, 1.54) is 31.2 Å².